The van der Waals surface area contributed by atoms with Gasteiger partial charge in [-0.25, -0.2) is 8.78 Å². The number of nitrogens with two attached hydrogens (primary N) is 1. The summed E-state index contributed by atoms with van der Waals surface area (Å²) < 4.78 is 26.5. The van der Waals surface area contributed by atoms with E-state index in [-0.39, 0.29) is 41.2 Å². The summed E-state index contributed by atoms with van der Waals surface area (Å²) in [6.07, 6.45) is 3.33. The quantitative estimate of drug-likeness (QED) is 0.456. The maximum atomic E-state index is 13.5. The zero-order valence-electron chi connectivity index (χ0n) is 12.2. The molecule has 1 fully saturated rings. The molecule has 0 radical (unpaired) electrons. The van der Waals surface area contributed by atoms with Gasteiger partial charge in [-0.05, 0) is 45.5 Å². The molecule has 0 aliphatic heterocycles. The molecule has 1 aliphatic carbocycles. The zero-order valence-corrected chi connectivity index (χ0v) is 14.5. The SMILES string of the molecule is CN(C)C1(CN=C(N)Nc2cc(F)ccc2F)CCC1.I. The Morgan fingerprint density at radius 1 is 1.38 bits per heavy atom. The van der Waals surface area contributed by atoms with Crippen molar-refractivity contribution in [3.8, 4) is 0 Å². The minimum absolute atomic E-state index is 0. The van der Waals surface area contributed by atoms with Gasteiger partial charge in [-0.2, -0.15) is 0 Å². The molecule has 0 spiro atoms. The Morgan fingerprint density at radius 2 is 2.05 bits per heavy atom. The van der Waals surface area contributed by atoms with Crippen LogP contribution in [0.5, 0.6) is 0 Å². The Bertz CT molecular complexity index is 516. The summed E-state index contributed by atoms with van der Waals surface area (Å²) >= 11 is 0. The van der Waals surface area contributed by atoms with Crippen LogP contribution in [-0.2, 0) is 0 Å². The van der Waals surface area contributed by atoms with Gasteiger partial charge in [0.25, 0.3) is 0 Å². The van der Waals surface area contributed by atoms with E-state index in [0.29, 0.717) is 6.54 Å². The molecule has 7 heteroatoms. The van der Waals surface area contributed by atoms with Gasteiger partial charge in [-0.1, -0.05) is 0 Å². The molecular weight excluding hydrogens is 389 g/mol. The lowest BCUT2D eigenvalue weighted by atomic mass is 9.76. The molecule has 1 aromatic carbocycles. The lowest BCUT2D eigenvalue weighted by Crippen LogP contribution is -2.52. The van der Waals surface area contributed by atoms with Gasteiger partial charge in [0.2, 0.25) is 0 Å². The Balaban J connectivity index is 0.00000220. The van der Waals surface area contributed by atoms with Gasteiger partial charge in [-0.3, -0.25) is 4.99 Å². The van der Waals surface area contributed by atoms with Crippen molar-refractivity contribution in [2.75, 3.05) is 26.0 Å². The van der Waals surface area contributed by atoms with Crippen molar-refractivity contribution in [2.24, 2.45) is 10.7 Å². The third-order valence-corrected chi connectivity index (χ3v) is 3.97. The van der Waals surface area contributed by atoms with Gasteiger partial charge in [0.05, 0.1) is 12.2 Å². The van der Waals surface area contributed by atoms with Crippen molar-refractivity contribution in [1.82, 2.24) is 4.90 Å². The summed E-state index contributed by atoms with van der Waals surface area (Å²) in [5.41, 5.74) is 5.79. The Kier molecular flexibility index (Phi) is 6.33. The van der Waals surface area contributed by atoms with Crippen LogP contribution in [0.2, 0.25) is 0 Å². The Hall–Kier alpha value is -0.960. The van der Waals surface area contributed by atoms with E-state index in [9.17, 15) is 8.78 Å². The first-order valence-electron chi connectivity index (χ1n) is 6.62. The van der Waals surface area contributed by atoms with Crippen LogP contribution < -0.4 is 11.1 Å². The zero-order chi connectivity index (χ0) is 14.8. The number of hydrogen-bond donors (Lipinski definition) is 2. The number of aliphatic imine (C=N–C) groups is 1. The molecular formula is C14H21F2IN4. The molecule has 118 valence electrons. The minimum Gasteiger partial charge on any atom is -0.370 e. The third-order valence-electron chi connectivity index (χ3n) is 3.97. The first-order chi connectivity index (χ1) is 9.43. The Morgan fingerprint density at radius 3 is 2.57 bits per heavy atom. The van der Waals surface area contributed by atoms with E-state index >= 15 is 0 Å². The van der Waals surface area contributed by atoms with Crippen molar-refractivity contribution in [2.45, 2.75) is 24.8 Å². The summed E-state index contributed by atoms with van der Waals surface area (Å²) in [4.78, 5) is 6.41. The molecule has 0 unspecified atom stereocenters. The van der Waals surface area contributed by atoms with Crippen LogP contribution in [-0.4, -0.2) is 37.0 Å². The van der Waals surface area contributed by atoms with Gasteiger partial charge < -0.3 is 16.0 Å². The number of guanidine groups is 1. The van der Waals surface area contributed by atoms with Crippen LogP contribution in [0.3, 0.4) is 0 Å². The first kappa shape index (κ1) is 18.1. The van der Waals surface area contributed by atoms with Gasteiger partial charge in [-0.15, -0.1) is 24.0 Å². The molecule has 0 bridgehead atoms. The van der Waals surface area contributed by atoms with Gasteiger partial charge in [0.1, 0.15) is 11.6 Å². The van der Waals surface area contributed by atoms with Crippen molar-refractivity contribution in [3.63, 3.8) is 0 Å². The van der Waals surface area contributed by atoms with Crippen molar-refractivity contribution < 1.29 is 8.78 Å². The normalized spacial score (nSPS) is 17.1. The highest BCUT2D eigenvalue weighted by atomic mass is 127. The van der Waals surface area contributed by atoms with E-state index in [1.807, 2.05) is 14.1 Å². The van der Waals surface area contributed by atoms with Gasteiger partial charge in [0.15, 0.2) is 5.96 Å². The summed E-state index contributed by atoms with van der Waals surface area (Å²) in [5, 5.41) is 2.60. The highest BCUT2D eigenvalue weighted by molar-refractivity contribution is 14.0. The number of anilines is 1. The number of halogens is 3. The number of nitrogens with one attached hydrogen (secondary N) is 1. The lowest BCUT2D eigenvalue weighted by molar-refractivity contribution is 0.0700. The van der Waals surface area contributed by atoms with Crippen LogP contribution >= 0.6 is 24.0 Å². The van der Waals surface area contributed by atoms with E-state index in [1.165, 1.54) is 6.42 Å². The van der Waals surface area contributed by atoms with Crippen LogP contribution in [0, 0.1) is 11.6 Å². The van der Waals surface area contributed by atoms with Crippen molar-refractivity contribution in [1.29, 1.82) is 0 Å². The van der Waals surface area contributed by atoms with Crippen LogP contribution in [0.25, 0.3) is 0 Å². The molecule has 1 aliphatic rings. The van der Waals surface area contributed by atoms with E-state index in [2.05, 4.69) is 15.2 Å². The van der Waals surface area contributed by atoms with Crippen LogP contribution in [0.4, 0.5) is 14.5 Å². The summed E-state index contributed by atoms with van der Waals surface area (Å²) in [7, 11) is 4.04. The highest BCUT2D eigenvalue weighted by Gasteiger charge is 2.38. The molecule has 0 amide bonds. The predicted molar refractivity (Wildman–Crippen MR) is 92.2 cm³/mol. The monoisotopic (exact) mass is 410 g/mol. The minimum atomic E-state index is -0.560. The van der Waals surface area contributed by atoms with Crippen molar-refractivity contribution in [3.05, 3.63) is 29.8 Å². The third kappa shape index (κ3) is 4.26. The fourth-order valence-electron chi connectivity index (χ4n) is 2.33. The average molecular weight is 410 g/mol. The lowest BCUT2D eigenvalue weighted by Gasteiger charge is -2.46. The summed E-state index contributed by atoms with van der Waals surface area (Å²) in [5.74, 6) is -0.983. The molecule has 1 saturated carbocycles. The molecule has 4 nitrogen and oxygen atoms in total. The van der Waals surface area contributed by atoms with E-state index in [4.69, 9.17) is 5.73 Å². The second-order valence-electron chi connectivity index (χ2n) is 5.42. The largest absolute Gasteiger partial charge is 0.370 e. The maximum absolute atomic E-state index is 13.5. The topological polar surface area (TPSA) is 53.6 Å². The number of likely N-dealkylation sites (N-methyl/N-ethyl adjacent to an activating group) is 1. The molecule has 3 N–H and O–H groups in total. The molecule has 1 aromatic rings. The van der Waals surface area contributed by atoms with Crippen LogP contribution in [0.15, 0.2) is 23.2 Å². The second kappa shape index (κ2) is 7.35. The van der Waals surface area contributed by atoms with Crippen LogP contribution in [0.1, 0.15) is 19.3 Å². The fraction of sp³-hybridized carbons (Fsp3) is 0.500. The molecule has 0 saturated heterocycles. The van der Waals surface area contributed by atoms with Crippen molar-refractivity contribution >= 4 is 35.6 Å². The van der Waals surface area contributed by atoms with E-state index < -0.39 is 11.6 Å². The van der Waals surface area contributed by atoms with Gasteiger partial charge in [0, 0.05) is 11.6 Å². The van der Waals surface area contributed by atoms with E-state index in [0.717, 1.165) is 31.0 Å². The number of hydrogen-bond acceptors (Lipinski definition) is 2. The predicted octanol–water partition coefficient (Wildman–Crippen LogP) is 2.79. The highest BCUT2D eigenvalue weighted by Crippen LogP contribution is 2.36. The van der Waals surface area contributed by atoms with E-state index in [1.54, 1.807) is 0 Å². The van der Waals surface area contributed by atoms with Gasteiger partial charge >= 0.3 is 0 Å². The number of nitrogens with zero attached hydrogens (tertiary/aromatic N) is 2. The standard InChI is InChI=1S/C14H20F2N4.HI/c1-20(2)14(6-3-7-14)9-18-13(17)19-12-8-10(15)4-5-11(12)16;/h4-5,8H,3,6-7,9H2,1-2H3,(H3,17,18,19);1H. The maximum Gasteiger partial charge on any atom is 0.193 e. The first-order valence-corrected chi connectivity index (χ1v) is 6.62. The Labute approximate surface area is 140 Å². The molecule has 0 heterocycles. The molecule has 21 heavy (non-hydrogen) atoms. The molecule has 0 aromatic heterocycles. The average Bonchev–Trinajstić information content (AvgIpc) is 2.32. The number of rotatable bonds is 4. The fourth-order valence-corrected chi connectivity index (χ4v) is 2.33. The smallest absolute Gasteiger partial charge is 0.193 e. The number of benzene rings is 1. The summed E-state index contributed by atoms with van der Waals surface area (Å²) in [6, 6.07) is 3.17. The second-order valence-corrected chi connectivity index (χ2v) is 5.42. The summed E-state index contributed by atoms with van der Waals surface area (Å²) in [6.45, 7) is 0.551. The molecule has 2 rings (SSSR count). The molecule has 0 atom stereocenters.